The van der Waals surface area contributed by atoms with Crippen molar-refractivity contribution in [3.63, 3.8) is 0 Å². The molecule has 1 fully saturated rings. The Balaban J connectivity index is 1.44. The lowest BCUT2D eigenvalue weighted by Gasteiger charge is -2.26. The van der Waals surface area contributed by atoms with E-state index in [0.29, 0.717) is 30.5 Å². The Kier molecular flexibility index (Phi) is 7.49. The Hall–Kier alpha value is -4.13. The molecule has 1 saturated carbocycles. The lowest BCUT2D eigenvalue weighted by molar-refractivity contribution is 0.126. The van der Waals surface area contributed by atoms with Crippen LogP contribution in [0.15, 0.2) is 54.7 Å². The quantitative estimate of drug-likeness (QED) is 0.356. The van der Waals surface area contributed by atoms with Gasteiger partial charge < -0.3 is 15.2 Å². The Morgan fingerprint density at radius 2 is 1.78 bits per heavy atom. The van der Waals surface area contributed by atoms with E-state index in [0.717, 1.165) is 53.9 Å². The summed E-state index contributed by atoms with van der Waals surface area (Å²) in [5, 5.41) is 22.0. The van der Waals surface area contributed by atoms with Gasteiger partial charge >= 0.3 is 0 Å². The van der Waals surface area contributed by atoms with E-state index < -0.39 is 0 Å². The van der Waals surface area contributed by atoms with Gasteiger partial charge in [0.05, 0.1) is 48.2 Å². The van der Waals surface area contributed by atoms with E-state index in [1.54, 1.807) is 11.8 Å². The van der Waals surface area contributed by atoms with Gasteiger partial charge in [-0.3, -0.25) is 4.98 Å². The number of benzene rings is 1. The van der Waals surface area contributed by atoms with Crippen LogP contribution < -0.4 is 5.32 Å². The number of nitrogens with one attached hydrogen (secondary N) is 1. The number of aliphatic hydroxyl groups is 1. The van der Waals surface area contributed by atoms with Gasteiger partial charge in [-0.25, -0.2) is 14.6 Å². The van der Waals surface area contributed by atoms with Crippen LogP contribution in [0.3, 0.4) is 0 Å². The monoisotopic (exact) mass is 495 g/mol. The summed E-state index contributed by atoms with van der Waals surface area (Å²) in [5.74, 6) is 3.20. The molecule has 0 aliphatic heterocycles. The molecular formula is C28H29N7O2. The molecule has 5 rings (SSSR count). The summed E-state index contributed by atoms with van der Waals surface area (Å²) < 4.78 is 6.93. The summed E-state index contributed by atoms with van der Waals surface area (Å²) in [6, 6.07) is 15.6. The molecule has 0 radical (unpaired) electrons. The smallest absolute Gasteiger partial charge is 0.224 e. The molecule has 188 valence electrons. The maximum atomic E-state index is 9.87. The minimum absolute atomic E-state index is 0.199. The molecule has 0 bridgehead atoms. The second kappa shape index (κ2) is 11.3. The third-order valence-corrected chi connectivity index (χ3v) is 6.36. The Labute approximate surface area is 216 Å². The van der Waals surface area contributed by atoms with E-state index >= 15 is 0 Å². The highest BCUT2D eigenvalue weighted by Crippen LogP contribution is 2.27. The van der Waals surface area contributed by atoms with E-state index in [1.165, 1.54) is 0 Å². The maximum absolute atomic E-state index is 9.87. The molecule has 0 saturated heterocycles. The summed E-state index contributed by atoms with van der Waals surface area (Å²) >= 11 is 0. The van der Waals surface area contributed by atoms with Gasteiger partial charge in [0, 0.05) is 24.3 Å². The van der Waals surface area contributed by atoms with E-state index in [9.17, 15) is 5.11 Å². The Morgan fingerprint density at radius 3 is 2.59 bits per heavy atom. The van der Waals surface area contributed by atoms with Crippen molar-refractivity contribution >= 4 is 5.95 Å². The molecule has 1 aromatic carbocycles. The van der Waals surface area contributed by atoms with E-state index in [2.05, 4.69) is 26.5 Å². The molecule has 3 aromatic heterocycles. The van der Waals surface area contributed by atoms with Crippen molar-refractivity contribution in [3.8, 4) is 35.0 Å². The number of hydrogen-bond acceptors (Lipinski definition) is 8. The van der Waals surface area contributed by atoms with Gasteiger partial charge in [0.25, 0.3) is 0 Å². The van der Waals surface area contributed by atoms with Crippen molar-refractivity contribution in [1.82, 2.24) is 29.9 Å². The van der Waals surface area contributed by atoms with Gasteiger partial charge in [-0.05, 0) is 56.0 Å². The number of nitrogens with zero attached hydrogens (tertiary/aromatic N) is 6. The molecule has 2 N–H and O–H groups in total. The minimum atomic E-state index is -0.230. The number of rotatable bonds is 8. The number of terminal acetylenes is 1. The van der Waals surface area contributed by atoms with Crippen molar-refractivity contribution in [2.75, 3.05) is 12.4 Å². The number of aromatic nitrogens is 6. The minimum Gasteiger partial charge on any atom is -0.393 e. The molecule has 1 aliphatic rings. The highest BCUT2D eigenvalue weighted by molar-refractivity contribution is 5.68. The average molecular weight is 496 g/mol. The highest BCUT2D eigenvalue weighted by Gasteiger charge is 2.21. The molecule has 3 heterocycles. The first-order valence-electron chi connectivity index (χ1n) is 12.3. The number of hydrogen-bond donors (Lipinski definition) is 2. The first kappa shape index (κ1) is 24.6. The SMILES string of the molecule is C#Cc1cccc(-c2cc(-c3cn(Cc4cccc(COC)n4)nn3)nc(NC3CCC(O)CC3)n2)c1. The normalized spacial score (nSPS) is 17.3. The van der Waals surface area contributed by atoms with Crippen LogP contribution in [-0.4, -0.2) is 54.3 Å². The molecule has 0 atom stereocenters. The third kappa shape index (κ3) is 6.17. The summed E-state index contributed by atoms with van der Waals surface area (Å²) in [5.41, 5.74) is 5.43. The topological polar surface area (TPSA) is 111 Å². The standard InChI is InChI=1S/C28H29N7O2/c1-3-19-6-4-7-20(14-19)25-15-26(32-28(31-25)30-21-10-12-24(36)13-11-21)27-17-35(34-33-27)16-22-8-5-9-23(29-22)18-37-2/h1,4-9,14-15,17,21,24,36H,10-13,16,18H2,2H3,(H,30,31,32). The van der Waals surface area contributed by atoms with Crippen LogP contribution in [0.5, 0.6) is 0 Å². The van der Waals surface area contributed by atoms with Gasteiger partial charge in [0.2, 0.25) is 5.95 Å². The lowest BCUT2D eigenvalue weighted by Crippen LogP contribution is -2.29. The van der Waals surface area contributed by atoms with Gasteiger partial charge in [0.1, 0.15) is 5.69 Å². The molecule has 9 nitrogen and oxygen atoms in total. The number of aliphatic hydroxyl groups excluding tert-OH is 1. The van der Waals surface area contributed by atoms with E-state index in [-0.39, 0.29) is 12.1 Å². The predicted molar refractivity (Wildman–Crippen MR) is 140 cm³/mol. The van der Waals surface area contributed by atoms with Gasteiger partial charge in [-0.15, -0.1) is 11.5 Å². The van der Waals surface area contributed by atoms with E-state index in [1.807, 2.05) is 54.7 Å². The molecule has 0 amide bonds. The lowest BCUT2D eigenvalue weighted by atomic mass is 9.93. The highest BCUT2D eigenvalue weighted by atomic mass is 16.5. The van der Waals surface area contributed by atoms with Crippen molar-refractivity contribution in [3.05, 3.63) is 71.7 Å². The fourth-order valence-corrected chi connectivity index (χ4v) is 4.47. The van der Waals surface area contributed by atoms with Gasteiger partial charge in [-0.2, -0.15) is 0 Å². The first-order valence-corrected chi connectivity index (χ1v) is 12.3. The largest absolute Gasteiger partial charge is 0.393 e. The second-order valence-corrected chi connectivity index (χ2v) is 9.19. The van der Waals surface area contributed by atoms with Crippen LogP contribution in [0.25, 0.3) is 22.6 Å². The number of ether oxygens (including phenoxy) is 1. The van der Waals surface area contributed by atoms with Crippen molar-refractivity contribution in [2.24, 2.45) is 0 Å². The Bertz CT molecular complexity index is 1400. The maximum Gasteiger partial charge on any atom is 0.224 e. The zero-order valence-corrected chi connectivity index (χ0v) is 20.7. The summed E-state index contributed by atoms with van der Waals surface area (Å²) in [6.45, 7) is 0.930. The summed E-state index contributed by atoms with van der Waals surface area (Å²) in [7, 11) is 1.65. The zero-order chi connectivity index (χ0) is 25.6. The molecule has 0 spiro atoms. The first-order chi connectivity index (χ1) is 18.1. The van der Waals surface area contributed by atoms with Crippen LogP contribution in [-0.2, 0) is 17.9 Å². The third-order valence-electron chi connectivity index (χ3n) is 6.36. The number of methoxy groups -OCH3 is 1. The van der Waals surface area contributed by atoms with Gasteiger partial charge in [0.15, 0.2) is 0 Å². The van der Waals surface area contributed by atoms with Crippen LogP contribution in [0, 0.1) is 12.3 Å². The van der Waals surface area contributed by atoms with Crippen molar-refractivity contribution in [1.29, 1.82) is 0 Å². The molecular weight excluding hydrogens is 466 g/mol. The van der Waals surface area contributed by atoms with Gasteiger partial charge in [-0.1, -0.05) is 29.3 Å². The van der Waals surface area contributed by atoms with Crippen LogP contribution in [0.1, 0.15) is 42.6 Å². The fourth-order valence-electron chi connectivity index (χ4n) is 4.47. The fraction of sp³-hybridized carbons (Fsp3) is 0.321. The molecule has 1 aliphatic carbocycles. The van der Waals surface area contributed by atoms with Crippen LogP contribution >= 0.6 is 0 Å². The molecule has 37 heavy (non-hydrogen) atoms. The van der Waals surface area contributed by atoms with Crippen molar-refractivity contribution in [2.45, 2.75) is 51.0 Å². The molecule has 0 unspecified atom stereocenters. The number of anilines is 1. The van der Waals surface area contributed by atoms with Crippen LogP contribution in [0.2, 0.25) is 0 Å². The number of pyridine rings is 1. The van der Waals surface area contributed by atoms with E-state index in [4.69, 9.17) is 21.1 Å². The summed E-state index contributed by atoms with van der Waals surface area (Å²) in [4.78, 5) is 14.2. The molecule has 9 heteroatoms. The predicted octanol–water partition coefficient (Wildman–Crippen LogP) is 3.69. The second-order valence-electron chi connectivity index (χ2n) is 9.19. The van der Waals surface area contributed by atoms with Crippen molar-refractivity contribution < 1.29 is 9.84 Å². The molecule has 4 aromatic rings. The summed E-state index contributed by atoms with van der Waals surface area (Å²) in [6.07, 6.45) is 10.5. The zero-order valence-electron chi connectivity index (χ0n) is 20.7. The Morgan fingerprint density at radius 1 is 1.00 bits per heavy atom. The average Bonchev–Trinajstić information content (AvgIpc) is 3.39. The van der Waals surface area contributed by atoms with Crippen LogP contribution in [0.4, 0.5) is 5.95 Å².